The van der Waals surface area contributed by atoms with Gasteiger partial charge in [-0.05, 0) is 31.0 Å². The fourth-order valence-electron chi connectivity index (χ4n) is 3.46. The van der Waals surface area contributed by atoms with Crippen molar-refractivity contribution in [2.45, 2.75) is 50.7 Å². The number of anilines is 1. The largest absolute Gasteiger partial charge is 0.339 e. The van der Waals surface area contributed by atoms with Gasteiger partial charge in [-0.2, -0.15) is 10.2 Å². The number of nitrogens with zero attached hydrogens (tertiary/aromatic N) is 4. The highest BCUT2D eigenvalue weighted by Gasteiger charge is 2.39. The Balaban J connectivity index is 1.63. The average Bonchev–Trinajstić information content (AvgIpc) is 3.37. The molecule has 0 bridgehead atoms. The maximum atomic E-state index is 12.6. The van der Waals surface area contributed by atoms with Crippen LogP contribution in [0.1, 0.15) is 50.6 Å². The predicted octanol–water partition coefficient (Wildman–Crippen LogP) is 3.10. The van der Waals surface area contributed by atoms with E-state index in [2.05, 4.69) is 16.1 Å². The first-order chi connectivity index (χ1) is 13.3. The molecule has 2 aliphatic rings. The highest BCUT2D eigenvalue weighted by molar-refractivity contribution is 7.93. The molecule has 0 saturated carbocycles. The fraction of sp³-hybridized carbons (Fsp3) is 0.550. The molecule has 3 rings (SSSR count). The third kappa shape index (κ3) is 4.36. The van der Waals surface area contributed by atoms with Gasteiger partial charge in [-0.1, -0.05) is 12.1 Å². The molecule has 1 atom stereocenters. The Morgan fingerprint density at radius 2 is 2.14 bits per heavy atom. The summed E-state index contributed by atoms with van der Waals surface area (Å²) >= 11 is 0. The molecule has 1 aromatic rings. The maximum Gasteiger partial charge on any atom is 0.235 e. The molecule has 2 heterocycles. The zero-order valence-corrected chi connectivity index (χ0v) is 17.2. The summed E-state index contributed by atoms with van der Waals surface area (Å²) in [6, 6.07) is 7.24. The Bertz CT molecular complexity index is 914. The summed E-state index contributed by atoms with van der Waals surface area (Å²) < 4.78 is 25.8. The Hall–Kier alpha value is -2.40. The van der Waals surface area contributed by atoms with Gasteiger partial charge in [0.2, 0.25) is 15.9 Å². The van der Waals surface area contributed by atoms with E-state index in [0.29, 0.717) is 44.3 Å². The lowest BCUT2D eigenvalue weighted by Gasteiger charge is -2.27. The van der Waals surface area contributed by atoms with Crippen LogP contribution in [0.5, 0.6) is 0 Å². The minimum Gasteiger partial charge on any atom is -0.339 e. The average molecular weight is 403 g/mol. The van der Waals surface area contributed by atoms with Crippen molar-refractivity contribution < 1.29 is 13.2 Å². The summed E-state index contributed by atoms with van der Waals surface area (Å²) in [5, 5.41) is 8.14. The molecule has 0 radical (unpaired) electrons. The summed E-state index contributed by atoms with van der Waals surface area (Å²) in [4.78, 5) is 14.3. The molecule has 1 aromatic carbocycles. The van der Waals surface area contributed by atoms with Gasteiger partial charge in [0.05, 0.1) is 17.5 Å². The summed E-state index contributed by atoms with van der Waals surface area (Å²) in [7, 11) is -1.46. The number of terminal acetylenes is 1. The smallest absolute Gasteiger partial charge is 0.235 e. The minimum atomic E-state index is -3.23. The molecule has 0 spiro atoms. The van der Waals surface area contributed by atoms with Crippen molar-refractivity contribution in [2.75, 3.05) is 23.7 Å². The van der Waals surface area contributed by atoms with Crippen LogP contribution in [0.25, 0.3) is 0 Å². The number of carbonyl (C=O) groups excluding carboxylic acids is 1. The van der Waals surface area contributed by atoms with Crippen LogP contribution in [-0.2, 0) is 14.8 Å². The third-order valence-corrected chi connectivity index (χ3v) is 7.38. The summed E-state index contributed by atoms with van der Waals surface area (Å²) in [5.74, 6) is 2.77. The predicted molar refractivity (Wildman–Crippen MR) is 108 cm³/mol. The van der Waals surface area contributed by atoms with Crippen molar-refractivity contribution in [2.24, 2.45) is 10.2 Å². The van der Waals surface area contributed by atoms with Gasteiger partial charge in [0, 0.05) is 39.3 Å². The number of benzene rings is 1. The second-order valence-corrected chi connectivity index (χ2v) is 9.42. The number of hydrogen-bond acceptors (Lipinski definition) is 5. The molecular formula is C20H26N4O3S. The molecule has 1 saturated heterocycles. The van der Waals surface area contributed by atoms with Gasteiger partial charge >= 0.3 is 0 Å². The van der Waals surface area contributed by atoms with E-state index in [-0.39, 0.29) is 17.7 Å². The van der Waals surface area contributed by atoms with E-state index in [9.17, 15) is 13.2 Å². The standard InChI is InChI=1S/C20H26N4O3S/c1-4-5-11-20(21-22-20)12-10-19(25)23(3)16(2)17-8-6-9-18(15-17)24-13-7-14-28(24,26)27/h1,6,8-9,15-16H,5,7,10-14H2,2-3H3. The lowest BCUT2D eigenvalue weighted by Crippen LogP contribution is -2.31. The van der Waals surface area contributed by atoms with Crippen molar-refractivity contribution in [3.8, 4) is 12.3 Å². The molecule has 8 heteroatoms. The van der Waals surface area contributed by atoms with Crippen LogP contribution in [0.15, 0.2) is 34.5 Å². The topological polar surface area (TPSA) is 82.4 Å². The first-order valence-electron chi connectivity index (χ1n) is 9.52. The van der Waals surface area contributed by atoms with Crippen molar-refractivity contribution in [1.82, 2.24) is 4.90 Å². The highest BCUT2D eigenvalue weighted by Crippen LogP contribution is 2.38. The van der Waals surface area contributed by atoms with E-state index in [1.54, 1.807) is 18.0 Å². The molecule has 150 valence electrons. The van der Waals surface area contributed by atoms with E-state index in [4.69, 9.17) is 6.42 Å². The Labute approximate surface area is 166 Å². The van der Waals surface area contributed by atoms with Crippen LogP contribution in [0.2, 0.25) is 0 Å². The lowest BCUT2D eigenvalue weighted by molar-refractivity contribution is -0.132. The summed E-state index contributed by atoms with van der Waals surface area (Å²) in [6.07, 6.45) is 8.13. The van der Waals surface area contributed by atoms with Crippen molar-refractivity contribution in [3.63, 3.8) is 0 Å². The Morgan fingerprint density at radius 3 is 2.75 bits per heavy atom. The zero-order chi connectivity index (χ0) is 20.4. The Kier molecular flexibility index (Phi) is 5.75. The van der Waals surface area contributed by atoms with Gasteiger partial charge in [-0.25, -0.2) is 8.42 Å². The molecular weight excluding hydrogens is 376 g/mol. The number of hydrogen-bond donors (Lipinski definition) is 0. The van der Waals surface area contributed by atoms with Crippen molar-refractivity contribution in [1.29, 1.82) is 0 Å². The molecule has 0 aromatic heterocycles. The quantitative estimate of drug-likeness (QED) is 0.627. The fourth-order valence-corrected chi connectivity index (χ4v) is 5.02. The second-order valence-electron chi connectivity index (χ2n) is 7.40. The van der Waals surface area contributed by atoms with Gasteiger partial charge < -0.3 is 4.90 Å². The van der Waals surface area contributed by atoms with E-state index in [1.165, 1.54) is 4.31 Å². The first-order valence-corrected chi connectivity index (χ1v) is 11.1. The van der Waals surface area contributed by atoms with Crippen molar-refractivity contribution in [3.05, 3.63) is 29.8 Å². The first kappa shape index (κ1) is 20.3. The van der Waals surface area contributed by atoms with Gasteiger partial charge in [0.25, 0.3) is 0 Å². The normalized spacial score (nSPS) is 19.8. The zero-order valence-electron chi connectivity index (χ0n) is 16.3. The maximum absolute atomic E-state index is 12.6. The van der Waals surface area contributed by atoms with Crippen molar-refractivity contribution >= 4 is 21.6 Å². The van der Waals surface area contributed by atoms with Crippen LogP contribution in [0.4, 0.5) is 5.69 Å². The molecule has 1 amide bonds. The molecule has 2 aliphatic heterocycles. The van der Waals surface area contributed by atoms with Crippen LogP contribution in [-0.4, -0.2) is 44.2 Å². The SMILES string of the molecule is C#CCCC1(CCC(=O)N(C)C(C)c2cccc(N3CCCS3(=O)=O)c2)N=N1. The van der Waals surface area contributed by atoms with Gasteiger partial charge in [-0.3, -0.25) is 9.10 Å². The number of amides is 1. The van der Waals surface area contributed by atoms with E-state index < -0.39 is 15.7 Å². The van der Waals surface area contributed by atoms with E-state index in [1.807, 2.05) is 25.1 Å². The highest BCUT2D eigenvalue weighted by atomic mass is 32.2. The van der Waals surface area contributed by atoms with Gasteiger partial charge in [-0.15, -0.1) is 12.3 Å². The third-order valence-electron chi connectivity index (χ3n) is 5.51. The van der Waals surface area contributed by atoms with Crippen LogP contribution in [0.3, 0.4) is 0 Å². The van der Waals surface area contributed by atoms with Crippen LogP contribution in [0, 0.1) is 12.3 Å². The van der Waals surface area contributed by atoms with E-state index >= 15 is 0 Å². The monoisotopic (exact) mass is 402 g/mol. The second kappa shape index (κ2) is 7.92. The van der Waals surface area contributed by atoms with E-state index in [0.717, 1.165) is 5.56 Å². The summed E-state index contributed by atoms with van der Waals surface area (Å²) in [6.45, 7) is 2.44. The lowest BCUT2D eigenvalue weighted by atomic mass is 10.0. The van der Waals surface area contributed by atoms with Gasteiger partial charge in [0.15, 0.2) is 5.66 Å². The molecule has 0 aliphatic carbocycles. The van der Waals surface area contributed by atoms with Gasteiger partial charge in [0.1, 0.15) is 0 Å². The molecule has 1 unspecified atom stereocenters. The molecule has 0 N–H and O–H groups in total. The number of sulfonamides is 1. The summed E-state index contributed by atoms with van der Waals surface area (Å²) in [5.41, 5.74) is 1.10. The molecule has 1 fully saturated rings. The molecule has 7 nitrogen and oxygen atoms in total. The number of rotatable bonds is 8. The Morgan fingerprint density at radius 1 is 1.39 bits per heavy atom. The minimum absolute atomic E-state index is 0.00378. The van der Waals surface area contributed by atoms with Crippen LogP contribution >= 0.6 is 0 Å². The number of carbonyl (C=O) groups is 1. The van der Waals surface area contributed by atoms with Crippen LogP contribution < -0.4 is 4.31 Å². The molecule has 28 heavy (non-hydrogen) atoms.